The van der Waals surface area contributed by atoms with Crippen LogP contribution < -0.4 is 14.2 Å². The molecule has 0 atom stereocenters. The van der Waals surface area contributed by atoms with Gasteiger partial charge >= 0.3 is 11.9 Å². The van der Waals surface area contributed by atoms with Crippen molar-refractivity contribution in [3.8, 4) is 17.2 Å². The summed E-state index contributed by atoms with van der Waals surface area (Å²) in [6.07, 6.45) is 9.96. The zero-order valence-corrected chi connectivity index (χ0v) is 20.9. The number of esters is 2. The summed E-state index contributed by atoms with van der Waals surface area (Å²) in [5.74, 6) is 1.59. The second-order valence-electron chi connectivity index (χ2n) is 9.39. The normalized spacial score (nSPS) is 11.1. The van der Waals surface area contributed by atoms with Gasteiger partial charge in [-0.1, -0.05) is 73.1 Å². The Labute approximate surface area is 195 Å². The highest BCUT2D eigenvalue weighted by Crippen LogP contribution is 2.33. The zero-order valence-electron chi connectivity index (χ0n) is 20.9. The summed E-state index contributed by atoms with van der Waals surface area (Å²) in [6.45, 7) is 11.3. The predicted molar refractivity (Wildman–Crippen MR) is 129 cm³/mol. The van der Waals surface area contributed by atoms with Crippen molar-refractivity contribution >= 4 is 11.9 Å². The van der Waals surface area contributed by atoms with Crippen molar-refractivity contribution in [2.75, 3.05) is 6.61 Å². The van der Waals surface area contributed by atoms with Gasteiger partial charge in [-0.15, -0.1) is 0 Å². The van der Waals surface area contributed by atoms with Crippen LogP contribution in [0.4, 0.5) is 0 Å². The van der Waals surface area contributed by atoms with E-state index in [1.54, 1.807) is 18.2 Å². The first kappa shape index (κ1) is 28.0. The Morgan fingerprint density at radius 2 is 1.31 bits per heavy atom. The highest BCUT2D eigenvalue weighted by atomic mass is 16.6. The Kier molecular flexibility index (Phi) is 14.5. The minimum atomic E-state index is -0.320. The van der Waals surface area contributed by atoms with Crippen LogP contribution in [0.25, 0.3) is 0 Å². The molecule has 5 nitrogen and oxygen atoms in total. The lowest BCUT2D eigenvalue weighted by Gasteiger charge is -2.13. The summed E-state index contributed by atoms with van der Waals surface area (Å²) in [4.78, 5) is 24.6. The van der Waals surface area contributed by atoms with Gasteiger partial charge in [0.1, 0.15) is 5.75 Å². The Hall–Kier alpha value is -2.04. The summed E-state index contributed by atoms with van der Waals surface area (Å²) in [7, 11) is 0. The molecule has 1 rings (SSSR count). The first-order chi connectivity index (χ1) is 15.3. The fraction of sp³-hybridized carbons (Fsp3) is 0.704. The van der Waals surface area contributed by atoms with Crippen LogP contribution in [0.1, 0.15) is 105 Å². The first-order valence-corrected chi connectivity index (χ1v) is 12.5. The third kappa shape index (κ3) is 13.4. The van der Waals surface area contributed by atoms with Gasteiger partial charge in [-0.05, 0) is 43.2 Å². The van der Waals surface area contributed by atoms with Crippen molar-refractivity contribution in [1.82, 2.24) is 0 Å². The molecule has 0 saturated heterocycles. The molecule has 0 unspecified atom stereocenters. The van der Waals surface area contributed by atoms with Crippen LogP contribution in [0.5, 0.6) is 17.2 Å². The van der Waals surface area contributed by atoms with E-state index in [-0.39, 0.29) is 23.4 Å². The Morgan fingerprint density at radius 1 is 0.750 bits per heavy atom. The van der Waals surface area contributed by atoms with E-state index < -0.39 is 0 Å². The molecule has 0 bridgehead atoms. The standard InChI is InChI=1S/C27H44O5/c1-6-7-8-9-10-19-30-23-17-18-24(31-26(28)15-11-13-21(2)3)25(20-23)32-27(29)16-12-14-22(4)5/h17-18,20-22H,6-16,19H2,1-5H3. The lowest BCUT2D eigenvalue weighted by atomic mass is 10.1. The highest BCUT2D eigenvalue weighted by molar-refractivity contribution is 5.76. The fourth-order valence-electron chi connectivity index (χ4n) is 3.29. The Balaban J connectivity index is 2.73. The molecule has 5 heteroatoms. The monoisotopic (exact) mass is 448 g/mol. The molecule has 0 radical (unpaired) electrons. The van der Waals surface area contributed by atoms with Crippen LogP contribution in [0.3, 0.4) is 0 Å². The zero-order chi connectivity index (χ0) is 23.8. The topological polar surface area (TPSA) is 61.8 Å². The molecule has 32 heavy (non-hydrogen) atoms. The van der Waals surface area contributed by atoms with Crippen molar-refractivity contribution in [2.45, 2.75) is 105 Å². The van der Waals surface area contributed by atoms with Gasteiger partial charge < -0.3 is 14.2 Å². The number of carbonyl (C=O) groups is 2. The van der Waals surface area contributed by atoms with Crippen molar-refractivity contribution in [3.05, 3.63) is 18.2 Å². The molecule has 182 valence electrons. The summed E-state index contributed by atoms with van der Waals surface area (Å²) >= 11 is 0. The third-order valence-electron chi connectivity index (χ3n) is 5.20. The van der Waals surface area contributed by atoms with Crippen molar-refractivity contribution < 1.29 is 23.8 Å². The van der Waals surface area contributed by atoms with Crippen LogP contribution in [0, 0.1) is 11.8 Å². The fourth-order valence-corrected chi connectivity index (χ4v) is 3.29. The molecule has 0 heterocycles. The number of benzene rings is 1. The number of ether oxygens (including phenoxy) is 3. The number of carbonyl (C=O) groups excluding carboxylic acids is 2. The van der Waals surface area contributed by atoms with E-state index in [4.69, 9.17) is 14.2 Å². The van der Waals surface area contributed by atoms with Gasteiger partial charge in [0.15, 0.2) is 11.5 Å². The van der Waals surface area contributed by atoms with Crippen LogP contribution in [-0.2, 0) is 9.59 Å². The third-order valence-corrected chi connectivity index (χ3v) is 5.20. The molecule has 0 aliphatic heterocycles. The van der Waals surface area contributed by atoms with E-state index in [1.165, 1.54) is 19.3 Å². The molecule has 0 N–H and O–H groups in total. The van der Waals surface area contributed by atoms with Crippen LogP contribution >= 0.6 is 0 Å². The molecular weight excluding hydrogens is 404 g/mol. The molecule has 0 saturated carbocycles. The number of rotatable bonds is 17. The van der Waals surface area contributed by atoms with Crippen LogP contribution in [0.15, 0.2) is 18.2 Å². The SMILES string of the molecule is CCCCCCCOc1ccc(OC(=O)CCCC(C)C)c(OC(=O)CCCC(C)C)c1. The second kappa shape index (κ2) is 16.6. The van der Waals surface area contributed by atoms with Crippen LogP contribution in [0.2, 0.25) is 0 Å². The van der Waals surface area contributed by atoms with E-state index in [0.717, 1.165) is 38.5 Å². The maximum absolute atomic E-state index is 12.3. The maximum Gasteiger partial charge on any atom is 0.311 e. The summed E-state index contributed by atoms with van der Waals surface area (Å²) in [6, 6.07) is 5.07. The summed E-state index contributed by atoms with van der Waals surface area (Å²) in [5, 5.41) is 0. The van der Waals surface area contributed by atoms with Gasteiger partial charge in [-0.3, -0.25) is 9.59 Å². The predicted octanol–water partition coefficient (Wildman–Crippen LogP) is 7.50. The van der Waals surface area contributed by atoms with Crippen LogP contribution in [-0.4, -0.2) is 18.5 Å². The largest absolute Gasteiger partial charge is 0.493 e. The van der Waals surface area contributed by atoms with Gasteiger partial charge in [-0.2, -0.15) is 0 Å². The number of hydrogen-bond acceptors (Lipinski definition) is 5. The van der Waals surface area contributed by atoms with E-state index in [0.29, 0.717) is 37.0 Å². The highest BCUT2D eigenvalue weighted by Gasteiger charge is 2.16. The van der Waals surface area contributed by atoms with E-state index in [9.17, 15) is 9.59 Å². The van der Waals surface area contributed by atoms with E-state index in [2.05, 4.69) is 34.6 Å². The average molecular weight is 449 g/mol. The number of hydrogen-bond donors (Lipinski definition) is 0. The molecule has 1 aromatic carbocycles. The first-order valence-electron chi connectivity index (χ1n) is 12.5. The van der Waals surface area contributed by atoms with Gasteiger partial charge in [0.05, 0.1) is 6.61 Å². The molecule has 0 aromatic heterocycles. The Morgan fingerprint density at radius 3 is 1.88 bits per heavy atom. The minimum absolute atomic E-state index is 0.250. The van der Waals surface area contributed by atoms with E-state index >= 15 is 0 Å². The van der Waals surface area contributed by atoms with E-state index in [1.807, 2.05) is 0 Å². The molecule has 0 aliphatic rings. The van der Waals surface area contributed by atoms with Crippen molar-refractivity contribution in [1.29, 1.82) is 0 Å². The summed E-state index contributed by atoms with van der Waals surface area (Å²) < 4.78 is 16.9. The minimum Gasteiger partial charge on any atom is -0.493 e. The molecule has 0 amide bonds. The lowest BCUT2D eigenvalue weighted by molar-refractivity contribution is -0.137. The molecule has 0 aliphatic carbocycles. The quantitative estimate of drug-likeness (QED) is 0.140. The average Bonchev–Trinajstić information content (AvgIpc) is 2.71. The molecule has 1 aromatic rings. The Bertz CT molecular complexity index is 666. The van der Waals surface area contributed by atoms with Gasteiger partial charge in [-0.25, -0.2) is 0 Å². The van der Waals surface area contributed by atoms with Gasteiger partial charge in [0, 0.05) is 18.9 Å². The molecular formula is C27H44O5. The molecule has 0 spiro atoms. The van der Waals surface area contributed by atoms with Gasteiger partial charge in [0.2, 0.25) is 0 Å². The van der Waals surface area contributed by atoms with Crippen molar-refractivity contribution in [3.63, 3.8) is 0 Å². The summed E-state index contributed by atoms with van der Waals surface area (Å²) in [5.41, 5.74) is 0. The smallest absolute Gasteiger partial charge is 0.311 e. The molecule has 0 fully saturated rings. The van der Waals surface area contributed by atoms with Gasteiger partial charge in [0.25, 0.3) is 0 Å². The van der Waals surface area contributed by atoms with Crippen molar-refractivity contribution in [2.24, 2.45) is 11.8 Å². The second-order valence-corrected chi connectivity index (χ2v) is 9.39. The maximum atomic E-state index is 12.3. The lowest BCUT2D eigenvalue weighted by Crippen LogP contribution is -2.12. The number of unbranched alkanes of at least 4 members (excludes halogenated alkanes) is 4.